The van der Waals surface area contributed by atoms with Crippen molar-refractivity contribution in [1.29, 1.82) is 0 Å². The summed E-state index contributed by atoms with van der Waals surface area (Å²) >= 11 is 7.11. The van der Waals surface area contributed by atoms with E-state index in [0.717, 1.165) is 35.7 Å². The number of piperazine rings is 1. The molecular weight excluding hydrogens is 349 g/mol. The lowest BCUT2D eigenvalue weighted by molar-refractivity contribution is 0.291. The third kappa shape index (κ3) is 3.71. The number of hydrogen-bond acceptors (Lipinski definition) is 5. The van der Waals surface area contributed by atoms with E-state index in [9.17, 15) is 0 Å². The summed E-state index contributed by atoms with van der Waals surface area (Å²) in [5, 5.41) is 0. The van der Waals surface area contributed by atoms with E-state index in [1.165, 1.54) is 0 Å². The van der Waals surface area contributed by atoms with Crippen molar-refractivity contribution in [2.45, 2.75) is 0 Å². The first-order chi connectivity index (χ1) is 8.15. The Labute approximate surface area is 120 Å². The zero-order valence-corrected chi connectivity index (χ0v) is 12.3. The van der Waals surface area contributed by atoms with Crippen LogP contribution in [0.3, 0.4) is 0 Å². The number of rotatable bonds is 3. The van der Waals surface area contributed by atoms with Gasteiger partial charge >= 0.3 is 0 Å². The van der Waals surface area contributed by atoms with Crippen LogP contribution in [-0.4, -0.2) is 52.6 Å². The number of hydrogen-bond donors (Lipinski definition) is 1. The molecule has 0 unspecified atom stereocenters. The number of aromatic nitrogens is 2. The highest BCUT2D eigenvalue weighted by Gasteiger charge is 2.18. The van der Waals surface area contributed by atoms with Crippen molar-refractivity contribution in [3.05, 3.63) is 16.0 Å². The predicted molar refractivity (Wildman–Crippen MR) is 80.2 cm³/mol. The van der Waals surface area contributed by atoms with E-state index in [-0.39, 0.29) is 0 Å². The summed E-state index contributed by atoms with van der Waals surface area (Å²) in [6, 6.07) is 0. The molecule has 0 aliphatic carbocycles. The van der Waals surface area contributed by atoms with Gasteiger partial charge in [0.25, 0.3) is 0 Å². The second-order valence-corrected chi connectivity index (χ2v) is 5.70. The molecular formula is C10H14IN5S. The van der Waals surface area contributed by atoms with Crippen LogP contribution >= 0.6 is 34.8 Å². The van der Waals surface area contributed by atoms with E-state index in [0.29, 0.717) is 11.5 Å². The van der Waals surface area contributed by atoms with Crippen molar-refractivity contribution in [3.8, 4) is 0 Å². The Morgan fingerprint density at radius 3 is 2.41 bits per heavy atom. The molecule has 1 fully saturated rings. The fraction of sp³-hybridized carbons (Fsp3) is 0.500. The van der Waals surface area contributed by atoms with Gasteiger partial charge in [0.15, 0.2) is 0 Å². The molecule has 7 heteroatoms. The number of nitrogens with zero attached hydrogens (tertiary/aromatic N) is 4. The van der Waals surface area contributed by atoms with Crippen LogP contribution in [0.4, 0.5) is 5.95 Å². The summed E-state index contributed by atoms with van der Waals surface area (Å²) in [4.78, 5) is 13.7. The zero-order valence-electron chi connectivity index (χ0n) is 9.34. The summed E-state index contributed by atoms with van der Waals surface area (Å²) in [6.07, 6.45) is 3.68. The third-order valence-electron chi connectivity index (χ3n) is 2.64. The molecule has 2 N–H and O–H groups in total. The molecule has 5 nitrogen and oxygen atoms in total. The molecule has 2 heterocycles. The van der Waals surface area contributed by atoms with Crippen LogP contribution in [0.2, 0.25) is 0 Å². The van der Waals surface area contributed by atoms with Crippen molar-refractivity contribution < 1.29 is 0 Å². The van der Waals surface area contributed by atoms with Crippen molar-refractivity contribution in [3.63, 3.8) is 0 Å². The van der Waals surface area contributed by atoms with E-state index in [1.54, 1.807) is 0 Å². The lowest BCUT2D eigenvalue weighted by Gasteiger charge is -2.34. The van der Waals surface area contributed by atoms with Gasteiger partial charge in [-0.25, -0.2) is 9.97 Å². The van der Waals surface area contributed by atoms with E-state index in [1.807, 2.05) is 12.4 Å². The summed E-state index contributed by atoms with van der Waals surface area (Å²) in [6.45, 7) is 4.45. The first-order valence-electron chi connectivity index (χ1n) is 5.38. The molecule has 17 heavy (non-hydrogen) atoms. The normalized spacial score (nSPS) is 17.1. The maximum Gasteiger partial charge on any atom is 0.225 e. The maximum atomic E-state index is 5.54. The van der Waals surface area contributed by atoms with E-state index < -0.39 is 0 Å². The van der Waals surface area contributed by atoms with Gasteiger partial charge in [0, 0.05) is 48.7 Å². The lowest BCUT2D eigenvalue weighted by atomic mass is 10.3. The average molecular weight is 363 g/mol. The van der Waals surface area contributed by atoms with Crippen LogP contribution in [0.5, 0.6) is 0 Å². The van der Waals surface area contributed by atoms with Crippen molar-refractivity contribution in [2.24, 2.45) is 5.73 Å². The molecule has 1 aliphatic heterocycles. The number of halogens is 1. The standard InChI is InChI=1S/C10H14IN5S/c11-8-5-13-10(14-6-8)16-3-1-15(2-4-16)7-9(12)17/h5-6H,1-4,7H2,(H2,12,17). The fourth-order valence-electron chi connectivity index (χ4n) is 1.80. The molecule has 0 aromatic carbocycles. The molecule has 92 valence electrons. The molecule has 0 saturated carbocycles. The van der Waals surface area contributed by atoms with Gasteiger partial charge in [-0.2, -0.15) is 0 Å². The van der Waals surface area contributed by atoms with Crippen molar-refractivity contribution in [1.82, 2.24) is 14.9 Å². The summed E-state index contributed by atoms with van der Waals surface area (Å²) < 4.78 is 1.05. The molecule has 0 radical (unpaired) electrons. The van der Waals surface area contributed by atoms with Gasteiger partial charge in [0.2, 0.25) is 5.95 Å². The van der Waals surface area contributed by atoms with Crippen LogP contribution < -0.4 is 10.6 Å². The lowest BCUT2D eigenvalue weighted by Crippen LogP contribution is -2.49. The van der Waals surface area contributed by atoms with Crippen LogP contribution in [0.15, 0.2) is 12.4 Å². The van der Waals surface area contributed by atoms with Crippen LogP contribution in [-0.2, 0) is 0 Å². The Bertz CT molecular complexity index is 388. The Morgan fingerprint density at radius 2 is 1.88 bits per heavy atom. The van der Waals surface area contributed by atoms with Gasteiger partial charge in [0.05, 0.1) is 4.99 Å². The molecule has 0 bridgehead atoms. The van der Waals surface area contributed by atoms with Gasteiger partial charge in [-0.15, -0.1) is 0 Å². The van der Waals surface area contributed by atoms with Crippen molar-refractivity contribution >= 4 is 45.7 Å². The molecule has 1 aliphatic rings. The number of thiocarbonyl (C=S) groups is 1. The second kappa shape index (κ2) is 5.87. The van der Waals surface area contributed by atoms with Crippen LogP contribution in [0.25, 0.3) is 0 Å². The molecule has 0 spiro atoms. The van der Waals surface area contributed by atoms with Crippen LogP contribution in [0.1, 0.15) is 0 Å². The predicted octanol–water partition coefficient (Wildman–Crippen LogP) is 0.489. The first kappa shape index (κ1) is 12.9. The molecule has 1 aromatic rings. The van der Waals surface area contributed by atoms with Gasteiger partial charge in [-0.1, -0.05) is 12.2 Å². The van der Waals surface area contributed by atoms with Gasteiger partial charge < -0.3 is 10.6 Å². The maximum absolute atomic E-state index is 5.54. The Kier molecular flexibility index (Phi) is 4.46. The molecule has 2 rings (SSSR count). The number of anilines is 1. The van der Waals surface area contributed by atoms with Gasteiger partial charge in [-0.05, 0) is 22.6 Å². The molecule has 0 atom stereocenters. The Morgan fingerprint density at radius 1 is 1.29 bits per heavy atom. The minimum atomic E-state index is 0.559. The highest BCUT2D eigenvalue weighted by molar-refractivity contribution is 14.1. The summed E-state index contributed by atoms with van der Waals surface area (Å²) in [7, 11) is 0. The Hall–Kier alpha value is -0.540. The fourth-order valence-corrected chi connectivity index (χ4v) is 2.26. The molecule has 1 saturated heterocycles. The smallest absolute Gasteiger partial charge is 0.225 e. The quantitative estimate of drug-likeness (QED) is 0.623. The monoisotopic (exact) mass is 363 g/mol. The van der Waals surface area contributed by atoms with Gasteiger partial charge in [-0.3, -0.25) is 4.90 Å². The number of nitrogens with two attached hydrogens (primary N) is 1. The van der Waals surface area contributed by atoms with Gasteiger partial charge in [0.1, 0.15) is 0 Å². The first-order valence-corrected chi connectivity index (χ1v) is 6.87. The minimum absolute atomic E-state index is 0.559. The topological polar surface area (TPSA) is 58.3 Å². The van der Waals surface area contributed by atoms with E-state index >= 15 is 0 Å². The summed E-state index contributed by atoms with van der Waals surface area (Å²) in [5.41, 5.74) is 5.54. The second-order valence-electron chi connectivity index (χ2n) is 3.93. The SMILES string of the molecule is NC(=S)CN1CCN(c2ncc(I)cn2)CC1. The minimum Gasteiger partial charge on any atom is -0.392 e. The zero-order chi connectivity index (χ0) is 12.3. The largest absolute Gasteiger partial charge is 0.392 e. The van der Waals surface area contributed by atoms with E-state index in [2.05, 4.69) is 42.4 Å². The molecule has 0 amide bonds. The highest BCUT2D eigenvalue weighted by Crippen LogP contribution is 2.11. The molecule has 1 aromatic heterocycles. The summed E-state index contributed by atoms with van der Waals surface area (Å²) in [5.74, 6) is 0.806. The third-order valence-corrected chi connectivity index (χ3v) is 3.33. The highest BCUT2D eigenvalue weighted by atomic mass is 127. The van der Waals surface area contributed by atoms with Crippen molar-refractivity contribution in [2.75, 3.05) is 37.6 Å². The Balaban J connectivity index is 1.90. The average Bonchev–Trinajstić information content (AvgIpc) is 2.30. The van der Waals surface area contributed by atoms with E-state index in [4.69, 9.17) is 18.0 Å². The van der Waals surface area contributed by atoms with Crippen LogP contribution in [0, 0.1) is 3.57 Å².